The van der Waals surface area contributed by atoms with Crippen molar-refractivity contribution >= 4 is 11.8 Å². The van der Waals surface area contributed by atoms with E-state index < -0.39 is 0 Å². The Labute approximate surface area is 147 Å². The summed E-state index contributed by atoms with van der Waals surface area (Å²) in [5, 5.41) is 6.89. The third kappa shape index (κ3) is 3.17. The zero-order valence-corrected chi connectivity index (χ0v) is 14.6. The van der Waals surface area contributed by atoms with Gasteiger partial charge in [-0.25, -0.2) is 0 Å². The Balaban J connectivity index is 1.38. The number of amides is 2. The molecule has 0 radical (unpaired) electrons. The molecule has 0 spiro atoms. The molecule has 2 bridgehead atoms. The minimum absolute atomic E-state index is 0.0261. The zero-order chi connectivity index (χ0) is 17.4. The lowest BCUT2D eigenvalue weighted by Gasteiger charge is -2.26. The maximum Gasteiger partial charge on any atom is 0.276 e. The summed E-state index contributed by atoms with van der Waals surface area (Å²) >= 11 is 0. The molecule has 0 aliphatic carbocycles. The third-order valence-electron chi connectivity index (χ3n) is 5.73. The van der Waals surface area contributed by atoms with Crippen molar-refractivity contribution < 1.29 is 18.8 Å². The van der Waals surface area contributed by atoms with Crippen LogP contribution < -0.4 is 5.32 Å². The number of ether oxygens (including phenoxy) is 1. The lowest BCUT2D eigenvalue weighted by Crippen LogP contribution is -2.43. The number of nitrogens with one attached hydrogen (secondary N) is 1. The highest BCUT2D eigenvalue weighted by molar-refractivity contribution is 5.94. The molecule has 2 amide bonds. The Hall–Kier alpha value is -1.89. The number of aromatic nitrogens is 1. The first-order valence-corrected chi connectivity index (χ1v) is 9.29. The summed E-state index contributed by atoms with van der Waals surface area (Å²) in [4.78, 5) is 27.3. The molecule has 3 aliphatic heterocycles. The minimum Gasteiger partial charge on any atom is -0.376 e. The van der Waals surface area contributed by atoms with Crippen molar-refractivity contribution in [3.05, 3.63) is 17.5 Å². The normalized spacial score (nSPS) is 31.3. The molecule has 1 N–H and O–H groups in total. The highest BCUT2D eigenvalue weighted by Gasteiger charge is 2.51. The average Bonchev–Trinajstić information content (AvgIpc) is 3.34. The van der Waals surface area contributed by atoms with Crippen molar-refractivity contribution in [3.63, 3.8) is 0 Å². The number of hydrogen-bond donors (Lipinski definition) is 1. The SMILES string of the molecule is Cc1cc(C(=O)N2[C@H]3CC[C@H]2[C@@H](C(=O)NC[C@@H]2CCCCO2)C3)no1. The number of hydrogen-bond acceptors (Lipinski definition) is 5. The summed E-state index contributed by atoms with van der Waals surface area (Å²) in [6, 6.07) is 1.77. The molecule has 4 heterocycles. The van der Waals surface area contributed by atoms with Crippen molar-refractivity contribution in [2.75, 3.05) is 13.2 Å². The zero-order valence-electron chi connectivity index (χ0n) is 14.6. The number of rotatable bonds is 4. The lowest BCUT2D eigenvalue weighted by atomic mass is 9.88. The number of aryl methyl sites for hydroxylation is 1. The molecule has 0 saturated carbocycles. The molecule has 1 aromatic rings. The van der Waals surface area contributed by atoms with Gasteiger partial charge in [-0.3, -0.25) is 9.59 Å². The van der Waals surface area contributed by atoms with Crippen LogP contribution >= 0.6 is 0 Å². The summed E-state index contributed by atoms with van der Waals surface area (Å²) in [5.41, 5.74) is 0.339. The van der Waals surface area contributed by atoms with E-state index in [-0.39, 0.29) is 35.9 Å². The molecule has 4 atom stereocenters. The van der Waals surface area contributed by atoms with Gasteiger partial charge in [-0.15, -0.1) is 0 Å². The molecule has 1 aromatic heterocycles. The topological polar surface area (TPSA) is 84.7 Å². The lowest BCUT2D eigenvalue weighted by molar-refractivity contribution is -0.126. The van der Waals surface area contributed by atoms with E-state index in [0.717, 1.165) is 45.1 Å². The van der Waals surface area contributed by atoms with E-state index >= 15 is 0 Å². The minimum atomic E-state index is -0.126. The average molecular weight is 347 g/mol. The van der Waals surface area contributed by atoms with Crippen molar-refractivity contribution in [3.8, 4) is 0 Å². The summed E-state index contributed by atoms with van der Waals surface area (Å²) in [5.74, 6) is 0.432. The molecule has 3 saturated heterocycles. The van der Waals surface area contributed by atoms with Gasteiger partial charge in [0, 0.05) is 31.3 Å². The standard InChI is InChI=1S/C18H25N3O4/c1-11-8-15(20-25-11)18(23)21-12-5-6-16(21)14(9-12)17(22)19-10-13-4-2-3-7-24-13/h8,12-14,16H,2-7,9-10H2,1H3,(H,19,22)/t12-,13-,14-,16-/m0/s1. The molecule has 25 heavy (non-hydrogen) atoms. The van der Waals surface area contributed by atoms with E-state index in [4.69, 9.17) is 9.26 Å². The molecule has 0 aromatic carbocycles. The van der Waals surface area contributed by atoms with Crippen molar-refractivity contribution in [1.29, 1.82) is 0 Å². The number of nitrogens with zero attached hydrogens (tertiary/aromatic N) is 2. The van der Waals surface area contributed by atoms with Gasteiger partial charge in [-0.2, -0.15) is 0 Å². The van der Waals surface area contributed by atoms with Gasteiger partial charge in [0.05, 0.1) is 12.0 Å². The van der Waals surface area contributed by atoms with Crippen molar-refractivity contribution in [2.24, 2.45) is 5.92 Å². The van der Waals surface area contributed by atoms with Crippen LogP contribution in [0.15, 0.2) is 10.6 Å². The Kier molecular flexibility index (Phi) is 4.50. The first-order chi connectivity index (χ1) is 12.1. The van der Waals surface area contributed by atoms with Crippen LogP contribution in [-0.2, 0) is 9.53 Å². The fraction of sp³-hybridized carbons (Fsp3) is 0.722. The number of carbonyl (C=O) groups is 2. The summed E-state index contributed by atoms with van der Waals surface area (Å²) < 4.78 is 10.7. The first-order valence-electron chi connectivity index (χ1n) is 9.29. The van der Waals surface area contributed by atoms with Crippen LogP contribution in [0.3, 0.4) is 0 Å². The van der Waals surface area contributed by atoms with Gasteiger partial charge >= 0.3 is 0 Å². The van der Waals surface area contributed by atoms with Gasteiger partial charge in [-0.05, 0) is 45.4 Å². The van der Waals surface area contributed by atoms with Crippen LogP contribution in [0.5, 0.6) is 0 Å². The molecule has 7 nitrogen and oxygen atoms in total. The molecule has 136 valence electrons. The van der Waals surface area contributed by atoms with Crippen LogP contribution in [0.2, 0.25) is 0 Å². The largest absolute Gasteiger partial charge is 0.376 e. The van der Waals surface area contributed by atoms with Gasteiger partial charge in [0.1, 0.15) is 5.76 Å². The van der Waals surface area contributed by atoms with E-state index in [9.17, 15) is 9.59 Å². The van der Waals surface area contributed by atoms with Crippen LogP contribution in [0.1, 0.15) is 54.8 Å². The van der Waals surface area contributed by atoms with Gasteiger partial charge in [0.25, 0.3) is 5.91 Å². The fourth-order valence-corrected chi connectivity index (χ4v) is 4.50. The summed E-state index contributed by atoms with van der Waals surface area (Å²) in [6.07, 6.45) is 5.99. The Morgan fingerprint density at radius 3 is 2.92 bits per heavy atom. The van der Waals surface area contributed by atoms with E-state index in [0.29, 0.717) is 18.0 Å². The van der Waals surface area contributed by atoms with E-state index in [1.807, 2.05) is 4.90 Å². The van der Waals surface area contributed by atoms with Crippen LogP contribution in [0, 0.1) is 12.8 Å². The molecule has 4 rings (SSSR count). The molecule has 7 heteroatoms. The Bertz CT molecular complexity index is 653. The first kappa shape index (κ1) is 16.6. The second-order valence-electron chi connectivity index (χ2n) is 7.41. The van der Waals surface area contributed by atoms with Crippen molar-refractivity contribution in [1.82, 2.24) is 15.4 Å². The van der Waals surface area contributed by atoms with E-state index in [1.54, 1.807) is 13.0 Å². The Morgan fingerprint density at radius 1 is 1.32 bits per heavy atom. The second-order valence-corrected chi connectivity index (χ2v) is 7.41. The van der Waals surface area contributed by atoms with Gasteiger partial charge in [0.15, 0.2) is 5.69 Å². The quantitative estimate of drug-likeness (QED) is 0.895. The third-order valence-corrected chi connectivity index (χ3v) is 5.73. The van der Waals surface area contributed by atoms with E-state index in [1.165, 1.54) is 0 Å². The van der Waals surface area contributed by atoms with Crippen LogP contribution in [-0.4, -0.2) is 53.2 Å². The smallest absolute Gasteiger partial charge is 0.276 e. The van der Waals surface area contributed by atoms with Gasteiger partial charge in [-0.1, -0.05) is 5.16 Å². The number of fused-ring (bicyclic) bond motifs is 2. The summed E-state index contributed by atoms with van der Waals surface area (Å²) in [6.45, 7) is 3.13. The molecule has 3 aliphatic rings. The van der Waals surface area contributed by atoms with Crippen LogP contribution in [0.25, 0.3) is 0 Å². The second kappa shape index (κ2) is 6.78. The van der Waals surface area contributed by atoms with Crippen LogP contribution in [0.4, 0.5) is 0 Å². The predicted molar refractivity (Wildman–Crippen MR) is 88.9 cm³/mol. The monoisotopic (exact) mass is 347 g/mol. The molecule has 3 fully saturated rings. The molecule has 0 unspecified atom stereocenters. The Morgan fingerprint density at radius 2 is 2.20 bits per heavy atom. The predicted octanol–water partition coefficient (Wildman–Crippen LogP) is 1.66. The maximum atomic E-state index is 12.7. The van der Waals surface area contributed by atoms with E-state index in [2.05, 4.69) is 10.5 Å². The fourth-order valence-electron chi connectivity index (χ4n) is 4.50. The highest BCUT2D eigenvalue weighted by Crippen LogP contribution is 2.42. The highest BCUT2D eigenvalue weighted by atomic mass is 16.5. The van der Waals surface area contributed by atoms with Gasteiger partial charge < -0.3 is 19.5 Å². The summed E-state index contributed by atoms with van der Waals surface area (Å²) in [7, 11) is 0. The van der Waals surface area contributed by atoms with Gasteiger partial charge in [0.2, 0.25) is 5.91 Å². The number of carbonyl (C=O) groups excluding carboxylic acids is 2. The maximum absolute atomic E-state index is 12.7. The van der Waals surface area contributed by atoms with Crippen molar-refractivity contribution in [2.45, 2.75) is 63.6 Å². The molecular weight excluding hydrogens is 322 g/mol. The molecular formula is C18H25N3O4.